The molecule has 0 unspecified atom stereocenters. The first kappa shape index (κ1) is 9.68. The van der Waals surface area contributed by atoms with Gasteiger partial charge in [-0.1, -0.05) is 11.6 Å². The summed E-state index contributed by atoms with van der Waals surface area (Å²) in [6, 6.07) is 5.39. The van der Waals surface area contributed by atoms with E-state index in [2.05, 4.69) is 25.9 Å². The number of nitrogens with zero attached hydrogens (tertiary/aromatic N) is 2. The smallest absolute Gasteiger partial charge is 0.225 e. The molecule has 1 heterocycles. The standard InChI is InChI=1S/C9H6BrClN2O/c1-14-8-6-4-5(11)2-3-7(6)12-9(10)13-8/h2-4H,1H3. The molecule has 0 saturated carbocycles. The summed E-state index contributed by atoms with van der Waals surface area (Å²) in [6.45, 7) is 0. The van der Waals surface area contributed by atoms with Crippen molar-refractivity contribution in [1.29, 1.82) is 0 Å². The second-order valence-electron chi connectivity index (χ2n) is 2.66. The summed E-state index contributed by atoms with van der Waals surface area (Å²) < 4.78 is 5.63. The predicted molar refractivity (Wildman–Crippen MR) is 58.8 cm³/mol. The average Bonchev–Trinajstić information content (AvgIpc) is 2.17. The van der Waals surface area contributed by atoms with Crippen molar-refractivity contribution in [3.63, 3.8) is 0 Å². The Balaban J connectivity index is 2.81. The van der Waals surface area contributed by atoms with Gasteiger partial charge >= 0.3 is 0 Å². The highest BCUT2D eigenvalue weighted by Gasteiger charge is 2.06. The monoisotopic (exact) mass is 272 g/mol. The van der Waals surface area contributed by atoms with Crippen LogP contribution in [0.4, 0.5) is 0 Å². The van der Waals surface area contributed by atoms with Gasteiger partial charge in [-0.2, -0.15) is 4.98 Å². The fourth-order valence-corrected chi connectivity index (χ4v) is 1.73. The molecule has 1 aromatic heterocycles. The molecule has 2 aromatic rings. The first-order valence-corrected chi connectivity index (χ1v) is 5.04. The third kappa shape index (κ3) is 1.67. The van der Waals surface area contributed by atoms with E-state index < -0.39 is 0 Å². The number of rotatable bonds is 1. The molecule has 1 aromatic carbocycles. The molecule has 0 saturated heterocycles. The van der Waals surface area contributed by atoms with Gasteiger partial charge in [0, 0.05) is 5.02 Å². The van der Waals surface area contributed by atoms with Crippen LogP contribution in [-0.2, 0) is 0 Å². The van der Waals surface area contributed by atoms with Crippen LogP contribution in [0.25, 0.3) is 10.9 Å². The zero-order valence-corrected chi connectivity index (χ0v) is 9.63. The van der Waals surface area contributed by atoms with Gasteiger partial charge in [-0.25, -0.2) is 4.98 Å². The van der Waals surface area contributed by atoms with Crippen molar-refractivity contribution in [3.8, 4) is 5.88 Å². The third-order valence-electron chi connectivity index (χ3n) is 1.79. The minimum Gasteiger partial charge on any atom is -0.480 e. The van der Waals surface area contributed by atoms with Gasteiger partial charge in [0.2, 0.25) is 10.6 Å². The van der Waals surface area contributed by atoms with Crippen molar-refractivity contribution in [3.05, 3.63) is 28.0 Å². The first-order chi connectivity index (χ1) is 6.70. The Hall–Kier alpha value is -0.870. The number of methoxy groups -OCH3 is 1. The summed E-state index contributed by atoms with van der Waals surface area (Å²) in [7, 11) is 1.56. The largest absolute Gasteiger partial charge is 0.480 e. The maximum atomic E-state index is 5.86. The van der Waals surface area contributed by atoms with Crippen molar-refractivity contribution in [2.75, 3.05) is 7.11 Å². The average molecular weight is 274 g/mol. The van der Waals surface area contributed by atoms with Crippen LogP contribution in [0.2, 0.25) is 5.02 Å². The van der Waals surface area contributed by atoms with Crippen LogP contribution in [0.5, 0.6) is 5.88 Å². The first-order valence-electron chi connectivity index (χ1n) is 3.87. The van der Waals surface area contributed by atoms with Crippen molar-refractivity contribution in [2.45, 2.75) is 0 Å². The molecule has 0 atom stereocenters. The summed E-state index contributed by atoms with van der Waals surface area (Å²) in [4.78, 5) is 8.28. The number of fused-ring (bicyclic) bond motifs is 1. The normalized spacial score (nSPS) is 10.5. The lowest BCUT2D eigenvalue weighted by Gasteiger charge is -2.04. The van der Waals surface area contributed by atoms with Crippen LogP contribution in [0.15, 0.2) is 22.9 Å². The molecule has 5 heteroatoms. The van der Waals surface area contributed by atoms with E-state index in [1.54, 1.807) is 19.2 Å². The van der Waals surface area contributed by atoms with E-state index in [-0.39, 0.29) is 0 Å². The maximum Gasteiger partial charge on any atom is 0.225 e. The van der Waals surface area contributed by atoms with Crippen LogP contribution in [0, 0.1) is 0 Å². The molecule has 0 fully saturated rings. The summed E-state index contributed by atoms with van der Waals surface area (Å²) in [5, 5.41) is 1.45. The molecular formula is C9H6BrClN2O. The number of aromatic nitrogens is 2. The van der Waals surface area contributed by atoms with Gasteiger partial charge in [-0.05, 0) is 34.1 Å². The van der Waals surface area contributed by atoms with Crippen LogP contribution in [0.3, 0.4) is 0 Å². The second-order valence-corrected chi connectivity index (χ2v) is 3.81. The molecule has 2 rings (SSSR count). The zero-order chi connectivity index (χ0) is 10.1. The third-order valence-corrected chi connectivity index (χ3v) is 2.38. The van der Waals surface area contributed by atoms with Crippen LogP contribution >= 0.6 is 27.5 Å². The molecule has 0 aliphatic carbocycles. The lowest BCUT2D eigenvalue weighted by Crippen LogP contribution is -1.92. The molecule has 0 radical (unpaired) electrons. The molecule has 0 bridgehead atoms. The highest BCUT2D eigenvalue weighted by atomic mass is 79.9. The quantitative estimate of drug-likeness (QED) is 0.749. The fraction of sp³-hybridized carbons (Fsp3) is 0.111. The van der Waals surface area contributed by atoms with Gasteiger partial charge in [-0.15, -0.1) is 0 Å². The van der Waals surface area contributed by atoms with Gasteiger partial charge in [0.25, 0.3) is 0 Å². The highest BCUT2D eigenvalue weighted by Crippen LogP contribution is 2.26. The summed E-state index contributed by atoms with van der Waals surface area (Å²) in [5.41, 5.74) is 0.799. The van der Waals surface area contributed by atoms with Crippen LogP contribution in [0.1, 0.15) is 0 Å². The Kier molecular flexibility index (Phi) is 2.56. The number of hydrogen-bond donors (Lipinski definition) is 0. The van der Waals surface area contributed by atoms with E-state index in [0.29, 0.717) is 15.6 Å². The Labute approximate surface area is 94.2 Å². The van der Waals surface area contributed by atoms with E-state index in [4.69, 9.17) is 16.3 Å². The van der Waals surface area contributed by atoms with Gasteiger partial charge in [-0.3, -0.25) is 0 Å². The number of benzene rings is 1. The Morgan fingerprint density at radius 3 is 2.86 bits per heavy atom. The van der Waals surface area contributed by atoms with E-state index in [0.717, 1.165) is 10.9 Å². The van der Waals surface area contributed by atoms with Gasteiger partial charge in [0.1, 0.15) is 0 Å². The summed E-state index contributed by atoms with van der Waals surface area (Å²) >= 11 is 9.07. The molecule has 0 N–H and O–H groups in total. The molecule has 3 nitrogen and oxygen atoms in total. The van der Waals surface area contributed by atoms with E-state index in [1.165, 1.54) is 0 Å². The number of hydrogen-bond acceptors (Lipinski definition) is 3. The van der Waals surface area contributed by atoms with Crippen molar-refractivity contribution < 1.29 is 4.74 Å². The van der Waals surface area contributed by atoms with E-state index >= 15 is 0 Å². The molecule has 0 aliphatic heterocycles. The van der Waals surface area contributed by atoms with E-state index in [1.807, 2.05) is 6.07 Å². The van der Waals surface area contributed by atoms with Gasteiger partial charge in [0.15, 0.2) is 0 Å². The minimum absolute atomic E-state index is 0.504. The summed E-state index contributed by atoms with van der Waals surface area (Å²) in [5.74, 6) is 0.518. The molecule has 0 amide bonds. The molecular weight excluding hydrogens is 267 g/mol. The zero-order valence-electron chi connectivity index (χ0n) is 7.29. The lowest BCUT2D eigenvalue weighted by molar-refractivity contribution is 0.401. The van der Waals surface area contributed by atoms with Gasteiger partial charge in [0.05, 0.1) is 18.0 Å². The van der Waals surface area contributed by atoms with E-state index in [9.17, 15) is 0 Å². The minimum atomic E-state index is 0.504. The molecule has 0 aliphatic rings. The second kappa shape index (κ2) is 3.71. The van der Waals surface area contributed by atoms with Gasteiger partial charge < -0.3 is 4.74 Å². The lowest BCUT2D eigenvalue weighted by atomic mass is 10.2. The highest BCUT2D eigenvalue weighted by molar-refractivity contribution is 9.10. The van der Waals surface area contributed by atoms with Crippen molar-refractivity contribution in [2.24, 2.45) is 0 Å². The Morgan fingerprint density at radius 1 is 1.36 bits per heavy atom. The molecule has 0 spiro atoms. The van der Waals surface area contributed by atoms with Crippen molar-refractivity contribution in [1.82, 2.24) is 9.97 Å². The summed E-state index contributed by atoms with van der Waals surface area (Å²) in [6.07, 6.45) is 0. The number of ether oxygens (including phenoxy) is 1. The van der Waals surface area contributed by atoms with Crippen LogP contribution in [-0.4, -0.2) is 17.1 Å². The Bertz CT molecular complexity index is 489. The Morgan fingerprint density at radius 2 is 2.14 bits per heavy atom. The predicted octanol–water partition coefficient (Wildman–Crippen LogP) is 3.05. The molecule has 14 heavy (non-hydrogen) atoms. The molecule has 72 valence electrons. The van der Waals surface area contributed by atoms with Crippen molar-refractivity contribution >= 4 is 38.4 Å². The van der Waals surface area contributed by atoms with Crippen LogP contribution < -0.4 is 4.74 Å². The fourth-order valence-electron chi connectivity index (χ4n) is 1.20. The maximum absolute atomic E-state index is 5.86. The topological polar surface area (TPSA) is 35.0 Å². The number of halogens is 2. The SMILES string of the molecule is COc1nc(Br)nc2ccc(Cl)cc12.